The number of carboxylic acid groups (broad SMARTS) is 1. The molecule has 1 aromatic heterocycles. The summed E-state index contributed by atoms with van der Waals surface area (Å²) in [4.78, 5) is 40.2. The fourth-order valence-electron chi connectivity index (χ4n) is 3.47. The highest BCUT2D eigenvalue weighted by atomic mass is 32.1. The summed E-state index contributed by atoms with van der Waals surface area (Å²) in [6.45, 7) is 4.31. The smallest absolute Gasteiger partial charge is 0.339 e. The van der Waals surface area contributed by atoms with Crippen LogP contribution in [0.4, 0.5) is 5.00 Å². The summed E-state index contributed by atoms with van der Waals surface area (Å²) in [6.07, 6.45) is 3.73. The zero-order valence-corrected chi connectivity index (χ0v) is 15.2. The first-order valence-corrected chi connectivity index (χ1v) is 9.43. The van der Waals surface area contributed by atoms with Crippen LogP contribution in [0.5, 0.6) is 0 Å². The monoisotopic (exact) mass is 365 g/mol. The molecular formula is C17H23N3O4S. The molecule has 8 heteroatoms. The number of nitrogens with zero attached hydrogens (tertiary/aromatic N) is 2. The topological polar surface area (TPSA) is 90.0 Å². The normalized spacial score (nSPS) is 17.9. The lowest BCUT2D eigenvalue weighted by atomic mass is 9.95. The minimum absolute atomic E-state index is 0.0550. The van der Waals surface area contributed by atoms with Crippen LogP contribution in [0, 0.1) is 0 Å². The molecule has 0 radical (unpaired) electrons. The number of anilines is 1. The third-order valence-electron chi connectivity index (χ3n) is 4.82. The van der Waals surface area contributed by atoms with Crippen molar-refractivity contribution in [2.75, 3.05) is 38.0 Å². The molecule has 2 N–H and O–H groups in total. The average molecular weight is 365 g/mol. The number of aromatic carboxylic acids is 1. The number of fused-ring (bicyclic) bond motifs is 1. The van der Waals surface area contributed by atoms with Gasteiger partial charge < -0.3 is 15.3 Å². The molecule has 0 unspecified atom stereocenters. The number of hydrogen-bond acceptors (Lipinski definition) is 5. The van der Waals surface area contributed by atoms with E-state index in [4.69, 9.17) is 0 Å². The molecule has 1 aliphatic carbocycles. The molecule has 1 aliphatic heterocycles. The highest BCUT2D eigenvalue weighted by Gasteiger charge is 2.27. The Bertz CT molecular complexity index is 692. The lowest BCUT2D eigenvalue weighted by Gasteiger charge is -2.33. The highest BCUT2D eigenvalue weighted by Crippen LogP contribution is 2.38. The van der Waals surface area contributed by atoms with E-state index in [1.54, 1.807) is 11.8 Å². The van der Waals surface area contributed by atoms with Crippen LogP contribution < -0.4 is 5.32 Å². The van der Waals surface area contributed by atoms with Crippen LogP contribution in [-0.2, 0) is 22.4 Å². The SMILES string of the molecule is CC(=O)N1CCN(CC(=O)Nc2sc3c(c2C(=O)O)CCCC3)CC1. The summed E-state index contributed by atoms with van der Waals surface area (Å²) in [5.74, 6) is -1.11. The number of carboxylic acids is 1. The van der Waals surface area contributed by atoms with Crippen molar-refractivity contribution >= 4 is 34.1 Å². The van der Waals surface area contributed by atoms with Gasteiger partial charge in [-0.2, -0.15) is 0 Å². The number of aryl methyl sites for hydroxylation is 1. The number of piperazine rings is 1. The number of rotatable bonds is 4. The van der Waals surface area contributed by atoms with Crippen LogP contribution in [0.1, 0.15) is 40.6 Å². The van der Waals surface area contributed by atoms with E-state index in [0.717, 1.165) is 36.1 Å². The molecule has 0 bridgehead atoms. The fourth-order valence-corrected chi connectivity index (χ4v) is 4.77. The van der Waals surface area contributed by atoms with E-state index in [-0.39, 0.29) is 23.9 Å². The third-order valence-corrected chi connectivity index (χ3v) is 6.03. The van der Waals surface area contributed by atoms with Crippen molar-refractivity contribution in [2.24, 2.45) is 0 Å². The number of thiophene rings is 1. The summed E-state index contributed by atoms with van der Waals surface area (Å²) >= 11 is 1.40. The minimum atomic E-state index is -0.968. The zero-order chi connectivity index (χ0) is 18.0. The first-order valence-electron chi connectivity index (χ1n) is 8.61. The molecule has 7 nitrogen and oxygen atoms in total. The maximum Gasteiger partial charge on any atom is 0.339 e. The molecule has 0 spiro atoms. The maximum atomic E-state index is 12.4. The number of carbonyl (C=O) groups excluding carboxylic acids is 2. The van der Waals surface area contributed by atoms with E-state index in [0.29, 0.717) is 31.2 Å². The summed E-state index contributed by atoms with van der Waals surface area (Å²) in [5, 5.41) is 12.8. The number of nitrogens with one attached hydrogen (secondary N) is 1. The quantitative estimate of drug-likeness (QED) is 0.842. The van der Waals surface area contributed by atoms with Gasteiger partial charge in [-0.3, -0.25) is 14.5 Å². The van der Waals surface area contributed by atoms with Gasteiger partial charge in [0.2, 0.25) is 11.8 Å². The summed E-state index contributed by atoms with van der Waals surface area (Å²) < 4.78 is 0. The van der Waals surface area contributed by atoms with Crippen LogP contribution >= 0.6 is 11.3 Å². The van der Waals surface area contributed by atoms with Gasteiger partial charge in [0, 0.05) is 38.0 Å². The van der Waals surface area contributed by atoms with Crippen LogP contribution in [0.2, 0.25) is 0 Å². The van der Waals surface area contributed by atoms with E-state index in [1.807, 2.05) is 4.90 Å². The van der Waals surface area contributed by atoms with Gasteiger partial charge in [0.25, 0.3) is 0 Å². The standard InChI is InChI=1S/C17H23N3O4S/c1-11(21)20-8-6-19(7-9-20)10-14(22)18-16-15(17(23)24)12-4-2-3-5-13(12)25-16/h2-10H2,1H3,(H,18,22)(H,23,24). The molecule has 25 heavy (non-hydrogen) atoms. The van der Waals surface area contributed by atoms with Crippen molar-refractivity contribution in [3.8, 4) is 0 Å². The van der Waals surface area contributed by atoms with Crippen molar-refractivity contribution < 1.29 is 19.5 Å². The molecule has 0 atom stereocenters. The second-order valence-corrected chi connectivity index (χ2v) is 7.66. The Morgan fingerprint density at radius 1 is 1.12 bits per heavy atom. The first-order chi connectivity index (χ1) is 12.0. The zero-order valence-electron chi connectivity index (χ0n) is 14.3. The predicted molar refractivity (Wildman–Crippen MR) is 95.2 cm³/mol. The van der Waals surface area contributed by atoms with Crippen molar-refractivity contribution in [1.29, 1.82) is 0 Å². The number of amides is 2. The molecule has 2 aliphatic rings. The largest absolute Gasteiger partial charge is 0.478 e. The van der Waals surface area contributed by atoms with Gasteiger partial charge in [0.1, 0.15) is 5.00 Å². The fraction of sp³-hybridized carbons (Fsp3) is 0.588. The van der Waals surface area contributed by atoms with Crippen LogP contribution in [0.3, 0.4) is 0 Å². The van der Waals surface area contributed by atoms with Crippen LogP contribution in [0.15, 0.2) is 0 Å². The Kier molecular flexibility index (Phi) is 5.39. The van der Waals surface area contributed by atoms with Crippen molar-refractivity contribution in [3.63, 3.8) is 0 Å². The highest BCUT2D eigenvalue weighted by molar-refractivity contribution is 7.17. The molecule has 3 rings (SSSR count). The van der Waals surface area contributed by atoms with E-state index in [9.17, 15) is 19.5 Å². The van der Waals surface area contributed by atoms with E-state index < -0.39 is 5.97 Å². The third kappa shape index (κ3) is 4.01. The minimum Gasteiger partial charge on any atom is -0.478 e. The van der Waals surface area contributed by atoms with Crippen molar-refractivity contribution in [1.82, 2.24) is 9.80 Å². The molecule has 1 aromatic rings. The van der Waals surface area contributed by atoms with Crippen molar-refractivity contribution in [3.05, 3.63) is 16.0 Å². The second-order valence-electron chi connectivity index (χ2n) is 6.55. The van der Waals surface area contributed by atoms with Gasteiger partial charge in [-0.05, 0) is 31.2 Å². The van der Waals surface area contributed by atoms with Gasteiger partial charge in [0.05, 0.1) is 12.1 Å². The second kappa shape index (κ2) is 7.53. The lowest BCUT2D eigenvalue weighted by Crippen LogP contribution is -2.49. The molecule has 136 valence electrons. The van der Waals surface area contributed by atoms with E-state index in [1.165, 1.54) is 11.3 Å². The van der Waals surface area contributed by atoms with Gasteiger partial charge in [-0.25, -0.2) is 4.79 Å². The molecule has 2 heterocycles. The molecule has 1 saturated heterocycles. The summed E-state index contributed by atoms with van der Waals surface area (Å²) in [6, 6.07) is 0. The Balaban J connectivity index is 1.63. The van der Waals surface area contributed by atoms with Gasteiger partial charge in [-0.1, -0.05) is 0 Å². The van der Waals surface area contributed by atoms with Crippen LogP contribution in [0.25, 0.3) is 0 Å². The summed E-state index contributed by atoms with van der Waals surface area (Å²) in [5.41, 5.74) is 1.17. The predicted octanol–water partition coefficient (Wildman–Crippen LogP) is 1.43. The number of hydrogen-bond donors (Lipinski definition) is 2. The Morgan fingerprint density at radius 2 is 1.80 bits per heavy atom. The van der Waals surface area contributed by atoms with Gasteiger partial charge >= 0.3 is 5.97 Å². The van der Waals surface area contributed by atoms with Gasteiger partial charge in [0.15, 0.2) is 0 Å². The lowest BCUT2D eigenvalue weighted by molar-refractivity contribution is -0.130. The Labute approximate surface area is 150 Å². The molecular weight excluding hydrogens is 342 g/mol. The average Bonchev–Trinajstić information content (AvgIpc) is 2.92. The Morgan fingerprint density at radius 3 is 2.44 bits per heavy atom. The van der Waals surface area contributed by atoms with Crippen LogP contribution in [-0.4, -0.2) is 65.4 Å². The summed E-state index contributed by atoms with van der Waals surface area (Å²) in [7, 11) is 0. The van der Waals surface area contributed by atoms with E-state index in [2.05, 4.69) is 5.32 Å². The first kappa shape index (κ1) is 17.9. The Hall–Kier alpha value is -1.93. The van der Waals surface area contributed by atoms with Gasteiger partial charge in [-0.15, -0.1) is 11.3 Å². The van der Waals surface area contributed by atoms with E-state index >= 15 is 0 Å². The molecule has 1 fully saturated rings. The van der Waals surface area contributed by atoms with Crippen molar-refractivity contribution in [2.45, 2.75) is 32.6 Å². The molecule has 2 amide bonds. The molecule has 0 aromatic carbocycles. The maximum absolute atomic E-state index is 12.4. The molecule has 0 saturated carbocycles. The number of carbonyl (C=O) groups is 3.